The van der Waals surface area contributed by atoms with Crippen molar-refractivity contribution in [1.82, 2.24) is 24.0 Å². The largest absolute Gasteiger partial charge is 0.494 e. The Balaban J connectivity index is 1.28. The number of amides is 2. The Labute approximate surface area is 290 Å². The van der Waals surface area contributed by atoms with Crippen LogP contribution in [0.1, 0.15) is 87.8 Å². The zero-order valence-corrected chi connectivity index (χ0v) is 29.3. The van der Waals surface area contributed by atoms with Gasteiger partial charge in [0.25, 0.3) is 11.8 Å². The van der Waals surface area contributed by atoms with Gasteiger partial charge in [0, 0.05) is 54.3 Å². The van der Waals surface area contributed by atoms with Crippen LogP contribution < -0.4 is 16.2 Å². The molecule has 2 saturated carbocycles. The number of alkyl halides is 2. The minimum Gasteiger partial charge on any atom is -0.494 e. The van der Waals surface area contributed by atoms with Gasteiger partial charge < -0.3 is 35.0 Å². The summed E-state index contributed by atoms with van der Waals surface area (Å²) in [6.07, 6.45) is 4.95. The number of pyridine rings is 1. The van der Waals surface area contributed by atoms with Gasteiger partial charge in [-0.25, -0.2) is 18.7 Å². The second-order valence-electron chi connectivity index (χ2n) is 14.8. The Morgan fingerprint density at radius 1 is 1.06 bits per heavy atom. The van der Waals surface area contributed by atoms with Crippen molar-refractivity contribution in [3.63, 3.8) is 0 Å². The Bertz CT molecular complexity index is 1950. The fraction of sp³-hybridized carbons (Fsp3) is 0.568. The fourth-order valence-corrected chi connectivity index (χ4v) is 7.69. The number of hydrogen-bond acceptors (Lipinski definition) is 7. The quantitative estimate of drug-likeness (QED) is 0.174. The molecule has 0 radical (unpaired) electrons. The molecule has 1 saturated heterocycles. The fourth-order valence-electron chi connectivity index (χ4n) is 7.69. The Morgan fingerprint density at radius 3 is 2.52 bits per heavy atom. The first-order chi connectivity index (χ1) is 23.8. The number of aromatic nitrogens is 4. The van der Waals surface area contributed by atoms with Crippen LogP contribution in [0.2, 0.25) is 0 Å². The second kappa shape index (κ2) is 12.9. The van der Waals surface area contributed by atoms with Gasteiger partial charge >= 0.3 is 0 Å². The van der Waals surface area contributed by atoms with E-state index in [0.717, 1.165) is 48.7 Å². The summed E-state index contributed by atoms with van der Waals surface area (Å²) in [7, 11) is 1.58. The molecule has 50 heavy (non-hydrogen) atoms. The van der Waals surface area contributed by atoms with Gasteiger partial charge in [-0.2, -0.15) is 0 Å². The molecule has 13 heteroatoms. The highest BCUT2D eigenvalue weighted by Gasteiger charge is 2.42. The highest BCUT2D eigenvalue weighted by molar-refractivity contribution is 6.00. The van der Waals surface area contributed by atoms with Crippen LogP contribution in [0.25, 0.3) is 33.6 Å². The third-order valence-electron chi connectivity index (χ3n) is 10.8. The summed E-state index contributed by atoms with van der Waals surface area (Å²) in [5.74, 6) is -2.38. The Hall–Kier alpha value is -4.10. The highest BCUT2D eigenvalue weighted by atomic mass is 19.3. The van der Waals surface area contributed by atoms with Gasteiger partial charge in [0.05, 0.1) is 24.9 Å². The molecular weight excluding hydrogens is 644 g/mol. The molecule has 3 atom stereocenters. The summed E-state index contributed by atoms with van der Waals surface area (Å²) in [4.78, 5) is 37.4. The van der Waals surface area contributed by atoms with Crippen molar-refractivity contribution in [3.8, 4) is 17.3 Å². The predicted molar refractivity (Wildman–Crippen MR) is 186 cm³/mol. The number of carbonyl (C=O) groups is 2. The van der Waals surface area contributed by atoms with E-state index < -0.39 is 30.4 Å². The summed E-state index contributed by atoms with van der Waals surface area (Å²) in [5.41, 5.74) is 14.1. The molecule has 2 amide bonds. The number of imidazole rings is 1. The average Bonchev–Trinajstić information content (AvgIpc) is 3.57. The lowest BCUT2D eigenvalue weighted by atomic mass is 9.94. The van der Waals surface area contributed by atoms with Gasteiger partial charge in [0.1, 0.15) is 22.5 Å². The number of aryl methyl sites for hydroxylation is 1. The minimum atomic E-state index is -3.13. The first kappa shape index (κ1) is 34.4. The normalized spacial score (nSPS) is 21.0. The summed E-state index contributed by atoms with van der Waals surface area (Å²) < 4.78 is 46.9. The minimum absolute atomic E-state index is 0.0317. The number of carbonyl (C=O) groups excluding carboxylic acids is 2. The first-order valence-corrected chi connectivity index (χ1v) is 17.8. The van der Waals surface area contributed by atoms with E-state index >= 15 is 8.78 Å². The van der Waals surface area contributed by atoms with E-state index in [2.05, 4.69) is 4.57 Å². The molecular formula is C37H47F2N7O4. The number of ether oxygens (including phenoxy) is 2. The smallest absolute Gasteiger partial charge is 0.265 e. The van der Waals surface area contributed by atoms with E-state index in [9.17, 15) is 9.59 Å². The number of nitrogens with two attached hydrogens (primary N) is 2. The summed E-state index contributed by atoms with van der Waals surface area (Å²) >= 11 is 0. The number of benzene rings is 1. The third-order valence-corrected chi connectivity index (χ3v) is 10.8. The lowest BCUT2D eigenvalue weighted by Crippen LogP contribution is -2.51. The molecule has 4 heterocycles. The molecule has 4 aromatic rings. The van der Waals surface area contributed by atoms with Crippen molar-refractivity contribution in [3.05, 3.63) is 41.6 Å². The van der Waals surface area contributed by atoms with Crippen LogP contribution in [0.15, 0.2) is 30.3 Å². The van der Waals surface area contributed by atoms with Crippen molar-refractivity contribution < 1.29 is 27.8 Å². The Morgan fingerprint density at radius 2 is 1.82 bits per heavy atom. The maximum atomic E-state index is 15.9. The van der Waals surface area contributed by atoms with Crippen LogP contribution in [0.5, 0.6) is 5.75 Å². The standard InChI is InChI=1S/C37H47F2N7O4/c1-5-24-9-7-22-17-29(45(32(22)42-24)20-37(38,39)13-6-14-50-36(2,3)35(41)48)33-43-28-16-23(18-30(49-4)31(28)46(33)25-11-12-25)34(47)44-19-27(40)21-8-10-26(44)15-21/h7,9,16-18,21,25-27H,5-6,8,10-15,19-20,40H2,1-4H3,(H2,41,48). The average molecular weight is 692 g/mol. The highest BCUT2D eigenvalue weighted by Crippen LogP contribution is 2.45. The molecule has 2 bridgehead atoms. The van der Waals surface area contributed by atoms with Crippen molar-refractivity contribution in [1.29, 1.82) is 0 Å². The van der Waals surface area contributed by atoms with Crippen LogP contribution in [0.3, 0.4) is 0 Å². The molecule has 3 unspecified atom stereocenters. The summed E-state index contributed by atoms with van der Waals surface area (Å²) in [5, 5.41) is 0.730. The van der Waals surface area contributed by atoms with Crippen LogP contribution >= 0.6 is 0 Å². The Kier molecular flexibility index (Phi) is 8.86. The van der Waals surface area contributed by atoms with E-state index in [1.807, 2.05) is 30.0 Å². The van der Waals surface area contributed by atoms with E-state index in [-0.39, 0.29) is 37.1 Å². The number of hydrogen-bond donors (Lipinski definition) is 2. The maximum Gasteiger partial charge on any atom is 0.265 e. The third kappa shape index (κ3) is 6.34. The monoisotopic (exact) mass is 691 g/mol. The van der Waals surface area contributed by atoms with E-state index in [1.54, 1.807) is 23.8 Å². The number of piperidine rings is 1. The van der Waals surface area contributed by atoms with E-state index in [4.69, 9.17) is 30.9 Å². The maximum absolute atomic E-state index is 15.9. The van der Waals surface area contributed by atoms with Crippen molar-refractivity contribution in [2.24, 2.45) is 17.4 Å². The second-order valence-corrected chi connectivity index (χ2v) is 14.8. The van der Waals surface area contributed by atoms with Crippen LogP contribution in [-0.2, 0) is 22.5 Å². The van der Waals surface area contributed by atoms with Gasteiger partial charge in [-0.15, -0.1) is 0 Å². The number of primary amides is 1. The van der Waals surface area contributed by atoms with E-state index in [0.29, 0.717) is 52.9 Å². The molecule has 1 aromatic carbocycles. The molecule has 7 rings (SSSR count). The molecule has 2 aliphatic carbocycles. The van der Waals surface area contributed by atoms with Crippen molar-refractivity contribution >= 4 is 33.9 Å². The van der Waals surface area contributed by atoms with Crippen LogP contribution in [-0.4, -0.2) is 79.7 Å². The SMILES string of the molecule is CCc1ccc2cc(-c3nc4cc(C(=O)N5CC(N)C6CCC5C6)cc(OC)c4n3C3CC3)n(CC(F)(F)CCCOC(C)(C)C(N)=O)c2n1. The number of rotatable bonds is 13. The zero-order valence-electron chi connectivity index (χ0n) is 29.3. The predicted octanol–water partition coefficient (Wildman–Crippen LogP) is 5.61. The number of likely N-dealkylation sites (tertiary alicyclic amines) is 1. The molecule has 11 nitrogen and oxygen atoms in total. The first-order valence-electron chi connectivity index (χ1n) is 17.8. The molecule has 0 spiro atoms. The zero-order chi connectivity index (χ0) is 35.5. The molecule has 3 aliphatic rings. The van der Waals surface area contributed by atoms with E-state index in [1.165, 1.54) is 13.8 Å². The molecule has 268 valence electrons. The van der Waals surface area contributed by atoms with Gasteiger partial charge in [-0.3, -0.25) is 9.59 Å². The van der Waals surface area contributed by atoms with Crippen molar-refractivity contribution in [2.45, 2.75) is 108 Å². The van der Waals surface area contributed by atoms with Gasteiger partial charge in [-0.1, -0.05) is 6.92 Å². The van der Waals surface area contributed by atoms with Crippen LogP contribution in [0.4, 0.5) is 8.78 Å². The topological polar surface area (TPSA) is 144 Å². The van der Waals surface area contributed by atoms with Gasteiger partial charge in [0.2, 0.25) is 5.91 Å². The van der Waals surface area contributed by atoms with Gasteiger partial charge in [-0.05, 0) is 95.0 Å². The molecule has 4 N–H and O–H groups in total. The number of fused-ring (bicyclic) bond motifs is 4. The number of methoxy groups -OCH3 is 1. The molecule has 3 fully saturated rings. The summed E-state index contributed by atoms with van der Waals surface area (Å²) in [6, 6.07) is 9.53. The lowest BCUT2D eigenvalue weighted by molar-refractivity contribution is -0.139. The van der Waals surface area contributed by atoms with Crippen molar-refractivity contribution in [2.75, 3.05) is 20.3 Å². The number of nitrogens with zero attached hydrogens (tertiary/aromatic N) is 5. The molecule has 3 aromatic heterocycles. The van der Waals surface area contributed by atoms with Gasteiger partial charge in [0.15, 0.2) is 5.82 Å². The lowest BCUT2D eigenvalue weighted by Gasteiger charge is -2.37. The summed E-state index contributed by atoms with van der Waals surface area (Å²) in [6.45, 7) is 4.88. The van der Waals surface area contributed by atoms with Crippen LogP contribution in [0, 0.1) is 5.92 Å². The molecule has 1 aliphatic heterocycles. The number of halogens is 2.